The van der Waals surface area contributed by atoms with Gasteiger partial charge in [-0.05, 0) is 26.3 Å². The van der Waals surface area contributed by atoms with Crippen LogP contribution in [0.2, 0.25) is 0 Å². The molecule has 4 heteroatoms. The number of thiazole rings is 1. The van der Waals surface area contributed by atoms with E-state index in [1.807, 2.05) is 18.4 Å². The van der Waals surface area contributed by atoms with Gasteiger partial charge in [0.05, 0.1) is 5.69 Å². The van der Waals surface area contributed by atoms with Crippen molar-refractivity contribution in [3.8, 4) is 0 Å². The first-order chi connectivity index (χ1) is 9.97. The summed E-state index contributed by atoms with van der Waals surface area (Å²) in [5, 5.41) is 4.55. The lowest BCUT2D eigenvalue weighted by molar-refractivity contribution is 0.545. The zero-order valence-corrected chi connectivity index (χ0v) is 15.1. The van der Waals surface area contributed by atoms with Gasteiger partial charge in [0.2, 0.25) is 0 Å². The molecule has 0 aromatic carbocycles. The van der Waals surface area contributed by atoms with E-state index in [1.54, 1.807) is 0 Å². The number of hydrogen-bond acceptors (Lipinski definition) is 4. The van der Waals surface area contributed by atoms with Gasteiger partial charge in [0.15, 0.2) is 5.13 Å². The van der Waals surface area contributed by atoms with E-state index in [4.69, 9.17) is 4.98 Å². The first-order valence-electron chi connectivity index (χ1n) is 8.38. The summed E-state index contributed by atoms with van der Waals surface area (Å²) in [5.74, 6) is 0. The Morgan fingerprint density at radius 2 is 2.05 bits per heavy atom. The Kier molecular flexibility index (Phi) is 5.67. The Labute approximate surface area is 134 Å². The van der Waals surface area contributed by atoms with Crippen LogP contribution in [0.5, 0.6) is 0 Å². The minimum absolute atomic E-state index is 0.120. The first kappa shape index (κ1) is 16.8. The summed E-state index contributed by atoms with van der Waals surface area (Å²) in [4.78, 5) is 9.06. The summed E-state index contributed by atoms with van der Waals surface area (Å²) in [7, 11) is 2.02. The van der Waals surface area contributed by atoms with Crippen molar-refractivity contribution in [1.29, 1.82) is 0 Å². The van der Waals surface area contributed by atoms with Crippen LogP contribution in [0.15, 0.2) is 0 Å². The number of nitrogens with zero attached hydrogens (tertiary/aromatic N) is 2. The van der Waals surface area contributed by atoms with Crippen molar-refractivity contribution in [2.45, 2.75) is 77.8 Å². The van der Waals surface area contributed by atoms with Crippen LogP contribution in [-0.2, 0) is 12.0 Å². The van der Waals surface area contributed by atoms with Gasteiger partial charge in [-0.3, -0.25) is 0 Å². The van der Waals surface area contributed by atoms with E-state index in [-0.39, 0.29) is 5.41 Å². The number of aromatic nitrogens is 1. The quantitative estimate of drug-likeness (QED) is 0.898. The highest BCUT2D eigenvalue weighted by molar-refractivity contribution is 7.15. The predicted octanol–water partition coefficient (Wildman–Crippen LogP) is 4.32. The van der Waals surface area contributed by atoms with Crippen LogP contribution in [-0.4, -0.2) is 24.6 Å². The number of anilines is 1. The van der Waals surface area contributed by atoms with Crippen LogP contribution in [0.4, 0.5) is 5.13 Å². The first-order valence-corrected chi connectivity index (χ1v) is 9.20. The predicted molar refractivity (Wildman–Crippen MR) is 93.5 cm³/mol. The molecular formula is C17H31N3S. The fraction of sp³-hybridized carbons (Fsp3) is 0.824. The topological polar surface area (TPSA) is 28.2 Å². The van der Waals surface area contributed by atoms with Crippen molar-refractivity contribution < 1.29 is 0 Å². The van der Waals surface area contributed by atoms with Gasteiger partial charge in [-0.2, -0.15) is 0 Å². The van der Waals surface area contributed by atoms with Gasteiger partial charge in [0.25, 0.3) is 0 Å². The van der Waals surface area contributed by atoms with E-state index in [9.17, 15) is 0 Å². The van der Waals surface area contributed by atoms with Crippen molar-refractivity contribution in [1.82, 2.24) is 10.3 Å². The second-order valence-corrected chi connectivity index (χ2v) is 8.22. The lowest BCUT2D eigenvalue weighted by atomic mass is 9.91. The molecule has 0 bridgehead atoms. The van der Waals surface area contributed by atoms with E-state index in [1.165, 1.54) is 54.4 Å². The second-order valence-electron chi connectivity index (χ2n) is 7.15. The maximum absolute atomic E-state index is 5.07. The monoisotopic (exact) mass is 309 g/mol. The van der Waals surface area contributed by atoms with Crippen LogP contribution in [0.25, 0.3) is 0 Å². The smallest absolute Gasteiger partial charge is 0.186 e. The maximum atomic E-state index is 5.07. The molecule has 1 N–H and O–H groups in total. The molecule has 1 unspecified atom stereocenters. The van der Waals surface area contributed by atoms with Gasteiger partial charge >= 0.3 is 0 Å². The van der Waals surface area contributed by atoms with Crippen LogP contribution >= 0.6 is 11.3 Å². The molecule has 3 nitrogen and oxygen atoms in total. The molecule has 1 aliphatic rings. The number of nitrogens with one attached hydrogen (secondary N) is 1. The third kappa shape index (κ3) is 3.98. The van der Waals surface area contributed by atoms with Crippen LogP contribution in [0.1, 0.15) is 70.4 Å². The number of rotatable bonds is 4. The van der Waals surface area contributed by atoms with E-state index >= 15 is 0 Å². The molecule has 1 saturated heterocycles. The molecule has 0 spiro atoms. The molecule has 1 aromatic rings. The highest BCUT2D eigenvalue weighted by atomic mass is 32.1. The largest absolute Gasteiger partial charge is 0.345 e. The molecule has 1 aromatic heterocycles. The second kappa shape index (κ2) is 7.10. The summed E-state index contributed by atoms with van der Waals surface area (Å²) >= 11 is 1.90. The van der Waals surface area contributed by atoms with Gasteiger partial charge in [-0.15, -0.1) is 11.3 Å². The minimum Gasteiger partial charge on any atom is -0.345 e. The molecular weight excluding hydrogens is 278 g/mol. The van der Waals surface area contributed by atoms with Crippen LogP contribution in [0, 0.1) is 0 Å². The fourth-order valence-electron chi connectivity index (χ4n) is 3.18. The molecule has 120 valence electrons. The zero-order valence-electron chi connectivity index (χ0n) is 14.3. The molecule has 2 rings (SSSR count). The zero-order chi connectivity index (χ0) is 15.5. The Morgan fingerprint density at radius 3 is 2.67 bits per heavy atom. The van der Waals surface area contributed by atoms with Crippen LogP contribution < -0.4 is 10.2 Å². The molecule has 0 aliphatic carbocycles. The highest BCUT2D eigenvalue weighted by Crippen LogP contribution is 2.36. The molecule has 2 heterocycles. The molecule has 0 amide bonds. The SMILES string of the molecule is CCC1CCCCCN1c1nc(C(C)(C)C)c(CNC)s1. The summed E-state index contributed by atoms with van der Waals surface area (Å²) < 4.78 is 0. The molecule has 1 fully saturated rings. The van der Waals surface area contributed by atoms with Gasteiger partial charge < -0.3 is 10.2 Å². The van der Waals surface area contributed by atoms with E-state index < -0.39 is 0 Å². The summed E-state index contributed by atoms with van der Waals surface area (Å²) in [6, 6.07) is 0.675. The van der Waals surface area contributed by atoms with Gasteiger partial charge in [0.1, 0.15) is 0 Å². The summed E-state index contributed by atoms with van der Waals surface area (Å²) in [5.41, 5.74) is 1.39. The third-order valence-electron chi connectivity index (χ3n) is 4.33. The lowest BCUT2D eigenvalue weighted by Crippen LogP contribution is -2.34. The molecule has 1 aliphatic heterocycles. The van der Waals surface area contributed by atoms with E-state index in [0.29, 0.717) is 6.04 Å². The summed E-state index contributed by atoms with van der Waals surface area (Å²) in [6.07, 6.45) is 6.60. The van der Waals surface area contributed by atoms with Crippen molar-refractivity contribution in [3.63, 3.8) is 0 Å². The molecule has 21 heavy (non-hydrogen) atoms. The fourth-order valence-corrected chi connectivity index (χ4v) is 4.56. The molecule has 0 saturated carbocycles. The Bertz CT molecular complexity index is 447. The Balaban J connectivity index is 2.33. The standard InChI is InChI=1S/C17H31N3S/c1-6-13-10-8-7-9-11-20(13)16-19-15(17(2,3)4)14(21-16)12-18-5/h13,18H,6-12H2,1-5H3. The van der Waals surface area contributed by atoms with Crippen molar-refractivity contribution in [2.24, 2.45) is 0 Å². The van der Waals surface area contributed by atoms with Gasteiger partial charge in [0, 0.05) is 29.4 Å². The highest BCUT2D eigenvalue weighted by Gasteiger charge is 2.27. The molecule has 0 radical (unpaired) electrons. The normalized spacial score (nSPS) is 20.6. The van der Waals surface area contributed by atoms with Crippen molar-refractivity contribution >= 4 is 16.5 Å². The summed E-state index contributed by atoms with van der Waals surface area (Å²) in [6.45, 7) is 11.2. The lowest BCUT2D eigenvalue weighted by Gasteiger charge is -2.29. The van der Waals surface area contributed by atoms with Crippen LogP contribution in [0.3, 0.4) is 0 Å². The van der Waals surface area contributed by atoms with E-state index in [2.05, 4.69) is 37.9 Å². The van der Waals surface area contributed by atoms with Crippen molar-refractivity contribution in [2.75, 3.05) is 18.5 Å². The van der Waals surface area contributed by atoms with E-state index in [0.717, 1.165) is 6.54 Å². The third-order valence-corrected chi connectivity index (χ3v) is 5.42. The Hall–Kier alpha value is -0.610. The maximum Gasteiger partial charge on any atom is 0.186 e. The molecule has 1 atom stereocenters. The Morgan fingerprint density at radius 1 is 1.29 bits per heavy atom. The average molecular weight is 310 g/mol. The van der Waals surface area contributed by atoms with Gasteiger partial charge in [-0.25, -0.2) is 4.98 Å². The minimum atomic E-state index is 0.120. The average Bonchev–Trinajstić information content (AvgIpc) is 2.70. The van der Waals surface area contributed by atoms with Crippen molar-refractivity contribution in [3.05, 3.63) is 10.6 Å². The van der Waals surface area contributed by atoms with Gasteiger partial charge in [-0.1, -0.05) is 40.5 Å². The number of hydrogen-bond donors (Lipinski definition) is 1.